The molecule has 13 heavy (non-hydrogen) atoms. The number of aliphatic imine (C=N–C) groups is 1. The molecule has 0 fully saturated rings. The van der Waals surface area contributed by atoms with Gasteiger partial charge in [0, 0.05) is 0 Å². The highest BCUT2D eigenvalue weighted by Gasteiger charge is 2.10. The fourth-order valence-corrected chi connectivity index (χ4v) is 0.920. The quantitative estimate of drug-likeness (QED) is 0.644. The summed E-state index contributed by atoms with van der Waals surface area (Å²) < 4.78 is 0. The second-order valence-corrected chi connectivity index (χ2v) is 2.64. The van der Waals surface area contributed by atoms with Crippen LogP contribution in [-0.2, 0) is 0 Å². The predicted molar refractivity (Wildman–Crippen MR) is 50.4 cm³/mol. The normalized spacial score (nSPS) is 9.62. The number of carbonyl (C=O) groups is 1. The number of aromatic amines is 1. The number of nitrogens with zero attached hydrogens (tertiary/aromatic N) is 1. The largest absolute Gasteiger partial charge is 0.384 e. The van der Waals surface area contributed by atoms with Crippen molar-refractivity contribution in [2.24, 2.45) is 4.99 Å². The lowest BCUT2D eigenvalue weighted by molar-refractivity contribution is 0.100. The zero-order valence-corrected chi connectivity index (χ0v) is 7.26. The number of H-pyrrole nitrogens is 1. The minimum Gasteiger partial charge on any atom is -0.384 e. The van der Waals surface area contributed by atoms with Crippen LogP contribution in [0, 0.1) is 0 Å². The molecule has 0 atom stereocenters. The van der Waals surface area contributed by atoms with Crippen LogP contribution in [0.5, 0.6) is 0 Å². The van der Waals surface area contributed by atoms with Crippen LogP contribution in [-0.4, -0.2) is 17.6 Å². The molecule has 0 saturated carbocycles. The van der Waals surface area contributed by atoms with Gasteiger partial charge in [-0.1, -0.05) is 11.6 Å². The highest BCUT2D eigenvalue weighted by molar-refractivity contribution is 6.33. The van der Waals surface area contributed by atoms with Crippen LogP contribution in [0.3, 0.4) is 0 Å². The lowest BCUT2D eigenvalue weighted by Crippen LogP contribution is -2.17. The van der Waals surface area contributed by atoms with Crippen LogP contribution in [0.25, 0.3) is 0 Å². The third-order valence-electron chi connectivity index (χ3n) is 1.40. The molecule has 5 nitrogen and oxygen atoms in total. The number of nitrogen functional groups attached to an aromatic ring is 1. The Balaban J connectivity index is 3.40. The smallest absolute Gasteiger partial charge is 0.282 e. The number of pyridine rings is 1. The number of halogens is 1. The van der Waals surface area contributed by atoms with Gasteiger partial charge in [-0.05, 0) is 12.8 Å². The van der Waals surface area contributed by atoms with Crippen molar-refractivity contribution in [3.05, 3.63) is 27.0 Å². The first-order valence-electron chi connectivity index (χ1n) is 3.25. The number of hydrogen-bond donors (Lipinski definition) is 2. The maximum absolute atomic E-state index is 11.1. The summed E-state index contributed by atoms with van der Waals surface area (Å²) in [5.41, 5.74) is 4.49. The summed E-state index contributed by atoms with van der Waals surface area (Å²) in [7, 11) is 0. The van der Waals surface area contributed by atoms with E-state index in [1.54, 1.807) is 0 Å². The molecule has 0 aromatic carbocycles. The number of nitrogens with one attached hydrogen (secondary N) is 1. The Kier molecular flexibility index (Phi) is 2.48. The van der Waals surface area contributed by atoms with Crippen molar-refractivity contribution in [1.29, 1.82) is 0 Å². The lowest BCUT2D eigenvalue weighted by Gasteiger charge is -1.98. The van der Waals surface area contributed by atoms with Gasteiger partial charge in [-0.2, -0.15) is 0 Å². The number of aromatic nitrogens is 1. The molecular formula is C7H6ClN3O2. The van der Waals surface area contributed by atoms with Gasteiger partial charge in [0.25, 0.3) is 11.5 Å². The van der Waals surface area contributed by atoms with E-state index in [0.717, 1.165) is 6.07 Å². The molecule has 68 valence electrons. The highest BCUT2D eigenvalue weighted by Crippen LogP contribution is 2.14. The first-order valence-corrected chi connectivity index (χ1v) is 3.63. The molecule has 0 spiro atoms. The van der Waals surface area contributed by atoms with E-state index in [9.17, 15) is 9.59 Å². The van der Waals surface area contributed by atoms with Gasteiger partial charge in [0.1, 0.15) is 11.4 Å². The van der Waals surface area contributed by atoms with Gasteiger partial charge in [-0.15, -0.1) is 0 Å². The minimum absolute atomic E-state index is 0.0206. The molecule has 0 aliphatic rings. The summed E-state index contributed by atoms with van der Waals surface area (Å²) in [6, 6.07) is 1.16. The van der Waals surface area contributed by atoms with Crippen molar-refractivity contribution in [2.45, 2.75) is 0 Å². The van der Waals surface area contributed by atoms with Crippen LogP contribution in [0.15, 0.2) is 15.9 Å². The molecule has 3 N–H and O–H groups in total. The maximum atomic E-state index is 11.1. The van der Waals surface area contributed by atoms with Crippen LogP contribution < -0.4 is 11.3 Å². The Morgan fingerprint density at radius 3 is 2.85 bits per heavy atom. The highest BCUT2D eigenvalue weighted by atomic mass is 35.5. The number of anilines is 1. The topological polar surface area (TPSA) is 88.3 Å². The van der Waals surface area contributed by atoms with Crippen LogP contribution in [0.1, 0.15) is 10.4 Å². The van der Waals surface area contributed by atoms with Gasteiger partial charge in [0.15, 0.2) is 0 Å². The number of hydrogen-bond acceptors (Lipinski definition) is 3. The molecule has 1 amide bonds. The minimum atomic E-state index is -0.733. The van der Waals surface area contributed by atoms with Crippen molar-refractivity contribution >= 4 is 30.0 Å². The zero-order valence-electron chi connectivity index (χ0n) is 6.50. The molecule has 1 aromatic heterocycles. The second-order valence-electron chi connectivity index (χ2n) is 2.24. The van der Waals surface area contributed by atoms with Gasteiger partial charge in [-0.3, -0.25) is 9.59 Å². The molecule has 1 rings (SSSR count). The SMILES string of the molecule is C=NC(=O)c1cc(Cl)c(N)[nH]c1=O. The summed E-state index contributed by atoms with van der Waals surface area (Å²) in [6.07, 6.45) is 0. The van der Waals surface area contributed by atoms with Crippen LogP contribution in [0.4, 0.5) is 5.82 Å². The molecule has 0 saturated heterocycles. The monoisotopic (exact) mass is 199 g/mol. The van der Waals surface area contributed by atoms with Gasteiger partial charge in [-0.25, -0.2) is 4.99 Å². The summed E-state index contributed by atoms with van der Waals surface area (Å²) in [5.74, 6) is -0.713. The van der Waals surface area contributed by atoms with Crippen molar-refractivity contribution < 1.29 is 4.79 Å². The average Bonchev–Trinajstić information content (AvgIpc) is 2.10. The third-order valence-corrected chi connectivity index (χ3v) is 1.71. The predicted octanol–water partition coefficient (Wildman–Crippen LogP) is 0.451. The van der Waals surface area contributed by atoms with E-state index in [1.165, 1.54) is 0 Å². The fourth-order valence-electron chi connectivity index (χ4n) is 0.763. The van der Waals surface area contributed by atoms with E-state index in [2.05, 4.69) is 16.7 Å². The van der Waals surface area contributed by atoms with Crippen LogP contribution in [0.2, 0.25) is 5.02 Å². The first-order chi connectivity index (χ1) is 6.06. The summed E-state index contributed by atoms with van der Waals surface area (Å²) in [6.45, 7) is 3.00. The van der Waals surface area contributed by atoms with Crippen molar-refractivity contribution in [1.82, 2.24) is 4.98 Å². The van der Waals surface area contributed by atoms with E-state index in [0.29, 0.717) is 0 Å². The Labute approximate surface area is 78.2 Å². The van der Waals surface area contributed by atoms with Crippen LogP contribution >= 0.6 is 11.6 Å². The molecule has 1 heterocycles. The first kappa shape index (κ1) is 9.47. The molecule has 1 aromatic rings. The number of carbonyl (C=O) groups excluding carboxylic acids is 1. The molecule has 6 heteroatoms. The van der Waals surface area contributed by atoms with Gasteiger partial charge in [0.05, 0.1) is 5.02 Å². The summed E-state index contributed by atoms with van der Waals surface area (Å²) >= 11 is 5.58. The van der Waals surface area contributed by atoms with Crippen molar-refractivity contribution in [3.8, 4) is 0 Å². The summed E-state index contributed by atoms with van der Waals surface area (Å²) in [4.78, 5) is 27.3. The average molecular weight is 200 g/mol. The molecule has 0 aliphatic heterocycles. The van der Waals surface area contributed by atoms with Gasteiger partial charge >= 0.3 is 0 Å². The number of nitrogens with two attached hydrogens (primary N) is 1. The molecule has 0 aliphatic carbocycles. The van der Waals surface area contributed by atoms with Crippen molar-refractivity contribution in [2.75, 3.05) is 5.73 Å². The summed E-state index contributed by atoms with van der Waals surface area (Å²) in [5, 5.41) is 0.103. The lowest BCUT2D eigenvalue weighted by atomic mass is 10.2. The van der Waals surface area contributed by atoms with E-state index in [4.69, 9.17) is 17.3 Å². The Bertz CT molecular complexity index is 424. The fraction of sp³-hybridized carbons (Fsp3) is 0. The number of rotatable bonds is 1. The van der Waals surface area contributed by atoms with Gasteiger partial charge < -0.3 is 10.7 Å². The second kappa shape index (κ2) is 3.40. The number of amides is 1. The Morgan fingerprint density at radius 1 is 1.69 bits per heavy atom. The third kappa shape index (κ3) is 1.75. The molecular weight excluding hydrogens is 194 g/mol. The van der Waals surface area contributed by atoms with Crippen molar-refractivity contribution in [3.63, 3.8) is 0 Å². The Hall–Kier alpha value is -1.62. The standard InChI is InChI=1S/C7H6ClN3O2/c1-10-6(12)3-2-4(8)5(9)11-7(3)13/h2H,1H2,(H3,9,11,13). The molecule has 0 unspecified atom stereocenters. The molecule has 0 bridgehead atoms. The Morgan fingerprint density at radius 2 is 2.31 bits per heavy atom. The van der Waals surface area contributed by atoms with E-state index >= 15 is 0 Å². The van der Waals surface area contributed by atoms with Gasteiger partial charge in [0.2, 0.25) is 0 Å². The zero-order chi connectivity index (χ0) is 10.0. The van der Waals surface area contributed by atoms with E-state index < -0.39 is 11.5 Å². The van der Waals surface area contributed by atoms with E-state index in [1.807, 2.05) is 0 Å². The van der Waals surface area contributed by atoms with E-state index in [-0.39, 0.29) is 16.4 Å². The molecule has 0 radical (unpaired) electrons. The maximum Gasteiger partial charge on any atom is 0.282 e.